The van der Waals surface area contributed by atoms with Gasteiger partial charge in [-0.25, -0.2) is 4.68 Å². The number of benzene rings is 1. The van der Waals surface area contributed by atoms with E-state index < -0.39 is 23.8 Å². The lowest BCUT2D eigenvalue weighted by atomic mass is 9.68. The number of likely N-dealkylation sites (tertiary alicyclic amines) is 1. The molecule has 0 bridgehead atoms. The molecule has 10 heteroatoms. The summed E-state index contributed by atoms with van der Waals surface area (Å²) in [4.78, 5) is 41.7. The summed E-state index contributed by atoms with van der Waals surface area (Å²) in [6, 6.07) is 6.75. The fraction of sp³-hybridized carbons (Fsp3) is 0.560. The largest absolute Gasteiger partial charge is 0.396 e. The Bertz CT molecular complexity index is 1100. The molecule has 2 aromatic rings. The van der Waals surface area contributed by atoms with E-state index >= 15 is 0 Å². The monoisotopic (exact) mass is 482 g/mol. The smallest absolute Gasteiger partial charge is 0.244 e. The summed E-state index contributed by atoms with van der Waals surface area (Å²) in [5.41, 5.74) is 1.53. The molecule has 0 unspecified atom stereocenters. The van der Waals surface area contributed by atoms with Gasteiger partial charge in [0.15, 0.2) is 0 Å². The number of hydrogen-bond acceptors (Lipinski definition) is 6. The van der Waals surface area contributed by atoms with Crippen LogP contribution < -0.4 is 10.6 Å². The van der Waals surface area contributed by atoms with Crippen molar-refractivity contribution in [3.05, 3.63) is 36.4 Å². The summed E-state index contributed by atoms with van der Waals surface area (Å²) in [7, 11) is 1.59. The number of nitrogens with one attached hydrogen (secondary N) is 2. The molecule has 5 atom stereocenters. The summed E-state index contributed by atoms with van der Waals surface area (Å²) >= 11 is 0. The van der Waals surface area contributed by atoms with E-state index in [2.05, 4.69) is 27.9 Å². The molecule has 2 aliphatic rings. The number of unbranched alkanes of at least 4 members (excludes halogenated alkanes) is 1. The molecule has 1 aliphatic carbocycles. The average molecular weight is 483 g/mol. The van der Waals surface area contributed by atoms with E-state index in [1.54, 1.807) is 16.6 Å². The first-order valence-electron chi connectivity index (χ1n) is 12.4. The maximum Gasteiger partial charge on any atom is 0.244 e. The number of para-hydroxylation sites is 1. The van der Waals surface area contributed by atoms with Gasteiger partial charge in [-0.15, -0.1) is 5.10 Å². The van der Waals surface area contributed by atoms with Crippen LogP contribution in [0.4, 0.5) is 0 Å². The van der Waals surface area contributed by atoms with Crippen LogP contribution in [-0.2, 0) is 21.1 Å². The van der Waals surface area contributed by atoms with Gasteiger partial charge in [0.25, 0.3) is 0 Å². The lowest BCUT2D eigenvalue weighted by molar-refractivity contribution is -0.141. The number of fused-ring (bicyclic) bond motifs is 2. The number of aliphatic hydroxyl groups excluding tert-OH is 1. The Balaban J connectivity index is 1.60. The van der Waals surface area contributed by atoms with Crippen molar-refractivity contribution in [2.45, 2.75) is 45.3 Å². The topological polar surface area (TPSA) is 129 Å². The Labute approximate surface area is 204 Å². The van der Waals surface area contributed by atoms with E-state index in [1.165, 1.54) is 0 Å². The van der Waals surface area contributed by atoms with E-state index in [-0.39, 0.29) is 36.9 Å². The Kier molecular flexibility index (Phi) is 7.80. The van der Waals surface area contributed by atoms with Crippen LogP contribution in [0.5, 0.6) is 0 Å². The first-order valence-corrected chi connectivity index (χ1v) is 12.4. The highest BCUT2D eigenvalue weighted by molar-refractivity contribution is 5.96. The summed E-state index contributed by atoms with van der Waals surface area (Å²) in [6.45, 7) is 2.55. The SMILES string of the molecule is CCC[C@@H]1C=C[C@H]2[C@H](C(=O)N(CCCCO)[C@@H]2C(=O)NCn2nnc3ccccc32)[C@@H]1C(=O)NC. The van der Waals surface area contributed by atoms with Crippen molar-refractivity contribution in [3.8, 4) is 0 Å². The lowest BCUT2D eigenvalue weighted by Crippen LogP contribution is -2.48. The zero-order chi connectivity index (χ0) is 24.9. The van der Waals surface area contributed by atoms with E-state index in [0.29, 0.717) is 19.4 Å². The number of aromatic nitrogens is 3. The van der Waals surface area contributed by atoms with Gasteiger partial charge >= 0.3 is 0 Å². The molecule has 3 amide bonds. The zero-order valence-corrected chi connectivity index (χ0v) is 20.3. The molecule has 1 fully saturated rings. The molecule has 188 valence electrons. The fourth-order valence-electron chi connectivity index (χ4n) is 5.56. The van der Waals surface area contributed by atoms with Crippen molar-refractivity contribution in [2.24, 2.45) is 23.7 Å². The van der Waals surface area contributed by atoms with Crippen LogP contribution in [0.25, 0.3) is 11.0 Å². The van der Waals surface area contributed by atoms with Gasteiger partial charge in [0.05, 0.1) is 17.4 Å². The highest BCUT2D eigenvalue weighted by atomic mass is 16.3. The molecule has 4 rings (SSSR count). The second-order valence-corrected chi connectivity index (χ2v) is 9.26. The molecular weight excluding hydrogens is 448 g/mol. The van der Waals surface area contributed by atoms with E-state index in [0.717, 1.165) is 23.9 Å². The van der Waals surface area contributed by atoms with Gasteiger partial charge < -0.3 is 20.6 Å². The predicted molar refractivity (Wildman–Crippen MR) is 130 cm³/mol. The number of aliphatic hydroxyl groups is 1. The van der Waals surface area contributed by atoms with Crippen LogP contribution in [0.3, 0.4) is 0 Å². The van der Waals surface area contributed by atoms with Gasteiger partial charge in [0.2, 0.25) is 17.7 Å². The Morgan fingerprint density at radius 2 is 1.94 bits per heavy atom. The fourth-order valence-corrected chi connectivity index (χ4v) is 5.56. The van der Waals surface area contributed by atoms with E-state index in [1.807, 2.05) is 36.4 Å². The molecule has 1 saturated heterocycles. The maximum atomic E-state index is 13.7. The van der Waals surface area contributed by atoms with Crippen LogP contribution in [0.2, 0.25) is 0 Å². The van der Waals surface area contributed by atoms with Gasteiger partial charge in [0.1, 0.15) is 18.2 Å². The summed E-state index contributed by atoms with van der Waals surface area (Å²) < 4.78 is 1.61. The van der Waals surface area contributed by atoms with Gasteiger partial charge in [-0.2, -0.15) is 0 Å². The zero-order valence-electron chi connectivity index (χ0n) is 20.3. The maximum absolute atomic E-state index is 13.7. The Hall–Kier alpha value is -3.27. The van der Waals surface area contributed by atoms with Gasteiger partial charge in [0, 0.05) is 26.1 Å². The average Bonchev–Trinajstić information content (AvgIpc) is 3.41. The molecule has 1 aromatic carbocycles. The Morgan fingerprint density at radius 1 is 1.14 bits per heavy atom. The summed E-state index contributed by atoms with van der Waals surface area (Å²) in [5, 5.41) is 23.1. The van der Waals surface area contributed by atoms with E-state index in [4.69, 9.17) is 0 Å². The van der Waals surface area contributed by atoms with Crippen LogP contribution in [-0.4, -0.2) is 69.0 Å². The molecule has 1 aromatic heterocycles. The number of amides is 3. The second-order valence-electron chi connectivity index (χ2n) is 9.26. The van der Waals surface area contributed by atoms with Crippen LogP contribution in [0, 0.1) is 23.7 Å². The molecule has 0 spiro atoms. The first-order chi connectivity index (χ1) is 17.0. The normalized spacial score (nSPS) is 25.6. The van der Waals surface area contributed by atoms with Gasteiger partial charge in [-0.05, 0) is 37.3 Å². The predicted octanol–water partition coefficient (Wildman–Crippen LogP) is 1.07. The Morgan fingerprint density at radius 3 is 2.69 bits per heavy atom. The third-order valence-corrected chi connectivity index (χ3v) is 7.18. The molecule has 0 radical (unpaired) electrons. The van der Waals surface area contributed by atoms with Crippen molar-refractivity contribution >= 4 is 28.8 Å². The van der Waals surface area contributed by atoms with Gasteiger partial charge in [-0.3, -0.25) is 14.4 Å². The molecule has 0 saturated carbocycles. The van der Waals surface area contributed by atoms with E-state index in [9.17, 15) is 19.5 Å². The highest BCUT2D eigenvalue weighted by Gasteiger charge is 2.56. The lowest BCUT2D eigenvalue weighted by Gasteiger charge is -2.34. The van der Waals surface area contributed by atoms with Crippen molar-refractivity contribution in [2.75, 3.05) is 20.2 Å². The number of nitrogens with zero attached hydrogens (tertiary/aromatic N) is 4. The standard InChI is InChI=1S/C25H34N6O4/c1-3-8-16-11-12-17-21(20(16)23(33)26-2)25(35)30(13-6-7-14-32)22(17)24(34)27-15-31-19-10-5-4-9-18(19)28-29-31/h4-5,9-12,16-17,20-22,32H,3,6-8,13-15H2,1-2H3,(H,26,33)(H,27,34)/t16-,17+,20-,21+,22+/m1/s1. The number of allylic oxidation sites excluding steroid dienone is 1. The van der Waals surface area contributed by atoms with Crippen LogP contribution in [0.1, 0.15) is 32.6 Å². The summed E-state index contributed by atoms with van der Waals surface area (Å²) in [5.74, 6) is -2.18. The minimum Gasteiger partial charge on any atom is -0.396 e. The molecule has 35 heavy (non-hydrogen) atoms. The van der Waals surface area contributed by atoms with Crippen molar-refractivity contribution in [3.63, 3.8) is 0 Å². The molecule has 2 heterocycles. The number of hydrogen-bond donors (Lipinski definition) is 3. The second kappa shape index (κ2) is 11.0. The molecular formula is C25H34N6O4. The molecule has 10 nitrogen and oxygen atoms in total. The third kappa shape index (κ3) is 4.80. The first kappa shape index (κ1) is 24.8. The van der Waals surface area contributed by atoms with Gasteiger partial charge in [-0.1, -0.05) is 42.8 Å². The van der Waals surface area contributed by atoms with Crippen molar-refractivity contribution in [1.82, 2.24) is 30.5 Å². The van der Waals surface area contributed by atoms with Crippen LogP contribution in [0.15, 0.2) is 36.4 Å². The number of carbonyl (C=O) groups excluding carboxylic acids is 3. The molecule has 1 aliphatic heterocycles. The minimum absolute atomic E-state index is 0.0183. The number of carbonyl (C=O) groups is 3. The van der Waals surface area contributed by atoms with Crippen LogP contribution >= 0.6 is 0 Å². The molecule has 3 N–H and O–H groups in total. The minimum atomic E-state index is -0.730. The van der Waals surface area contributed by atoms with Crippen molar-refractivity contribution in [1.29, 1.82) is 0 Å². The summed E-state index contributed by atoms with van der Waals surface area (Å²) in [6.07, 6.45) is 6.77. The van der Waals surface area contributed by atoms with Crippen molar-refractivity contribution < 1.29 is 19.5 Å². The highest BCUT2D eigenvalue weighted by Crippen LogP contribution is 2.45. The quantitative estimate of drug-likeness (QED) is 0.343. The third-order valence-electron chi connectivity index (χ3n) is 7.18. The number of rotatable bonds is 10.